The van der Waals surface area contributed by atoms with Crippen molar-refractivity contribution in [3.05, 3.63) is 24.3 Å². The second-order valence-electron chi connectivity index (χ2n) is 7.23. The van der Waals surface area contributed by atoms with Gasteiger partial charge in [0.1, 0.15) is 5.75 Å². The predicted molar refractivity (Wildman–Crippen MR) is 111 cm³/mol. The molecule has 200 valence electrons. The first-order valence-corrected chi connectivity index (χ1v) is 12.7. The zero-order valence-corrected chi connectivity index (χ0v) is 19.8. The van der Waals surface area contributed by atoms with E-state index in [0.29, 0.717) is 5.75 Å². The lowest BCUT2D eigenvalue weighted by molar-refractivity contribution is -0.382. The first kappa shape index (κ1) is 32.7. The van der Waals surface area contributed by atoms with Gasteiger partial charge in [-0.3, -0.25) is 4.55 Å². The van der Waals surface area contributed by atoms with Crippen molar-refractivity contribution in [3.8, 4) is 5.75 Å². The molecular formula is C19H26F9O4PS. The van der Waals surface area contributed by atoms with Crippen LogP contribution >= 0.6 is 8.58 Å². The van der Waals surface area contributed by atoms with E-state index >= 15 is 0 Å². The Balaban J connectivity index is 0.000000641. The number of phenolic OH excluding ortho intramolecular Hbond substituents is 1. The lowest BCUT2D eigenvalue weighted by Crippen LogP contribution is -2.63. The molecule has 0 aromatic heterocycles. The molecule has 0 radical (unpaired) electrons. The van der Waals surface area contributed by atoms with Crippen molar-refractivity contribution in [3.63, 3.8) is 0 Å². The van der Waals surface area contributed by atoms with E-state index in [-0.39, 0.29) is 0 Å². The normalized spacial score (nSPS) is 13.7. The fourth-order valence-electron chi connectivity index (χ4n) is 2.42. The number of unbranched alkanes of at least 4 members (excludes halogenated alkanes) is 6. The molecule has 4 nitrogen and oxygen atoms in total. The van der Waals surface area contributed by atoms with E-state index < -0.39 is 33.4 Å². The second-order valence-corrected chi connectivity index (χ2v) is 10.1. The van der Waals surface area contributed by atoms with Crippen LogP contribution < -0.4 is 5.30 Å². The molecule has 0 heterocycles. The Bertz CT molecular complexity index is 829. The van der Waals surface area contributed by atoms with Crippen LogP contribution in [-0.2, 0) is 10.1 Å². The van der Waals surface area contributed by atoms with Gasteiger partial charge < -0.3 is 5.11 Å². The first-order valence-electron chi connectivity index (χ1n) is 10.0. The highest BCUT2D eigenvalue weighted by atomic mass is 32.2. The third kappa shape index (κ3) is 9.07. The highest BCUT2D eigenvalue weighted by Crippen LogP contribution is 2.54. The molecule has 0 amide bonds. The van der Waals surface area contributed by atoms with Gasteiger partial charge >= 0.3 is 33.4 Å². The number of hydrogen-bond acceptors (Lipinski definition) is 3. The summed E-state index contributed by atoms with van der Waals surface area (Å²) in [6.45, 7) is 2.26. The summed E-state index contributed by atoms with van der Waals surface area (Å²) in [6.07, 6.45) is 3.87. The lowest BCUT2D eigenvalue weighted by atomic mass is 10.1. The quantitative estimate of drug-likeness (QED) is 0.130. The standard InChI is InChI=1S/C15H25OP.C4HF9O3S/c1-2-3-4-5-6-7-8-13-17-15-11-9-14(16)10-12-15;5-1(6,3(9,10)11)2(7,8)4(12,13)17(14,15)16/h9-12,16-17H,2-8,13H2,1H3;(H,14,15,16). The third-order valence-corrected chi connectivity index (χ3v) is 6.67. The van der Waals surface area contributed by atoms with E-state index in [2.05, 4.69) is 6.92 Å². The molecule has 0 aliphatic carbocycles. The van der Waals surface area contributed by atoms with Gasteiger partial charge in [0, 0.05) is 0 Å². The molecule has 34 heavy (non-hydrogen) atoms. The Labute approximate surface area is 193 Å². The maximum atomic E-state index is 12.2. The van der Waals surface area contributed by atoms with Crippen LogP contribution in [0.5, 0.6) is 5.75 Å². The summed E-state index contributed by atoms with van der Waals surface area (Å²) < 4.78 is 134. The van der Waals surface area contributed by atoms with Crippen LogP contribution in [0.4, 0.5) is 39.5 Å². The zero-order valence-electron chi connectivity index (χ0n) is 18.0. The van der Waals surface area contributed by atoms with Gasteiger partial charge in [-0.1, -0.05) is 66.2 Å². The number of halogens is 9. The van der Waals surface area contributed by atoms with Gasteiger partial charge in [0.15, 0.2) is 0 Å². The Kier molecular flexibility index (Phi) is 12.7. The molecule has 0 aliphatic rings. The fraction of sp³-hybridized carbons (Fsp3) is 0.684. The summed E-state index contributed by atoms with van der Waals surface area (Å²) in [5.74, 6) is -14.3. The Hall–Kier alpha value is -1.27. The molecule has 0 spiro atoms. The van der Waals surface area contributed by atoms with Crippen molar-refractivity contribution in [2.24, 2.45) is 0 Å². The monoisotopic (exact) mass is 552 g/mol. The molecule has 1 rings (SSSR count). The first-order chi connectivity index (χ1) is 15.3. The zero-order chi connectivity index (χ0) is 26.8. The van der Waals surface area contributed by atoms with Gasteiger partial charge in [-0.15, -0.1) is 0 Å². The van der Waals surface area contributed by atoms with E-state index in [1.165, 1.54) is 56.4 Å². The summed E-state index contributed by atoms with van der Waals surface area (Å²) in [5, 5.41) is 3.54. The lowest BCUT2D eigenvalue weighted by Gasteiger charge is -2.31. The molecule has 2 N–H and O–H groups in total. The van der Waals surface area contributed by atoms with Gasteiger partial charge in [-0.05, 0) is 30.0 Å². The van der Waals surface area contributed by atoms with E-state index in [1.807, 2.05) is 12.1 Å². The van der Waals surface area contributed by atoms with E-state index in [4.69, 9.17) is 4.55 Å². The molecule has 15 heteroatoms. The molecule has 1 unspecified atom stereocenters. The van der Waals surface area contributed by atoms with Crippen LogP contribution in [0.25, 0.3) is 0 Å². The minimum Gasteiger partial charge on any atom is -0.508 e. The highest BCUT2D eigenvalue weighted by molar-refractivity contribution is 7.87. The van der Waals surface area contributed by atoms with Crippen molar-refractivity contribution in [2.75, 3.05) is 6.16 Å². The summed E-state index contributed by atoms with van der Waals surface area (Å²) in [7, 11) is -6.26. The maximum absolute atomic E-state index is 12.2. The largest absolute Gasteiger partial charge is 0.508 e. The molecule has 1 aromatic rings. The minimum atomic E-state index is -7.37. The number of benzene rings is 1. The molecule has 0 bridgehead atoms. The summed E-state index contributed by atoms with van der Waals surface area (Å²) in [6, 6.07) is 7.64. The maximum Gasteiger partial charge on any atom is 0.460 e. The molecular weight excluding hydrogens is 526 g/mol. The average Bonchev–Trinajstić information content (AvgIpc) is 2.70. The van der Waals surface area contributed by atoms with Crippen molar-refractivity contribution in [1.29, 1.82) is 0 Å². The van der Waals surface area contributed by atoms with Crippen LogP contribution in [0.3, 0.4) is 0 Å². The molecule has 1 aromatic carbocycles. The number of hydrogen-bond donors (Lipinski definition) is 2. The third-order valence-electron chi connectivity index (χ3n) is 4.42. The van der Waals surface area contributed by atoms with Crippen LogP contribution in [-0.4, -0.2) is 47.5 Å². The van der Waals surface area contributed by atoms with Crippen molar-refractivity contribution in [1.82, 2.24) is 0 Å². The topological polar surface area (TPSA) is 74.6 Å². The van der Waals surface area contributed by atoms with Crippen molar-refractivity contribution >= 4 is 24.0 Å². The molecule has 0 fully saturated rings. The van der Waals surface area contributed by atoms with Crippen LogP contribution in [0.2, 0.25) is 0 Å². The van der Waals surface area contributed by atoms with E-state index in [1.54, 1.807) is 12.1 Å². The van der Waals surface area contributed by atoms with E-state index in [9.17, 15) is 53.0 Å². The Morgan fingerprint density at radius 1 is 0.765 bits per heavy atom. The Morgan fingerprint density at radius 3 is 1.62 bits per heavy atom. The van der Waals surface area contributed by atoms with Crippen LogP contribution in [0, 0.1) is 0 Å². The molecule has 1 atom stereocenters. The summed E-state index contributed by atoms with van der Waals surface area (Å²) in [4.78, 5) is 0. The van der Waals surface area contributed by atoms with Gasteiger partial charge in [-0.25, -0.2) is 0 Å². The van der Waals surface area contributed by atoms with Gasteiger partial charge in [0.05, 0.1) is 0 Å². The number of alkyl halides is 9. The van der Waals surface area contributed by atoms with Gasteiger partial charge in [-0.2, -0.15) is 47.9 Å². The van der Waals surface area contributed by atoms with Crippen molar-refractivity contribution in [2.45, 2.75) is 75.1 Å². The second kappa shape index (κ2) is 13.2. The number of rotatable bonds is 12. The smallest absolute Gasteiger partial charge is 0.460 e. The fourth-order valence-corrected chi connectivity index (χ4v) is 3.99. The average molecular weight is 552 g/mol. The van der Waals surface area contributed by atoms with E-state index in [0.717, 1.165) is 8.58 Å². The predicted octanol–water partition coefficient (Wildman–Crippen LogP) is 6.75. The summed E-state index contributed by atoms with van der Waals surface area (Å²) in [5.41, 5.74) is 0. The van der Waals surface area contributed by atoms with Crippen LogP contribution in [0.15, 0.2) is 24.3 Å². The summed E-state index contributed by atoms with van der Waals surface area (Å²) >= 11 is 0. The Morgan fingerprint density at radius 2 is 1.21 bits per heavy atom. The molecule has 0 saturated carbocycles. The number of phenols is 1. The molecule has 0 saturated heterocycles. The number of aromatic hydroxyl groups is 1. The van der Waals surface area contributed by atoms with Gasteiger partial charge in [0.2, 0.25) is 0 Å². The van der Waals surface area contributed by atoms with Crippen LogP contribution in [0.1, 0.15) is 51.9 Å². The highest BCUT2D eigenvalue weighted by Gasteiger charge is 2.85. The van der Waals surface area contributed by atoms with Crippen molar-refractivity contribution < 1.29 is 57.6 Å². The van der Waals surface area contributed by atoms with Gasteiger partial charge in [0.25, 0.3) is 0 Å². The molecule has 0 aliphatic heterocycles. The minimum absolute atomic E-state index is 0.370. The SMILES string of the molecule is CCCCCCCCCPc1ccc(O)cc1.O=S(=O)(O)C(F)(F)C(F)(F)C(F)(F)C(F)(F)F.